The summed E-state index contributed by atoms with van der Waals surface area (Å²) in [5.41, 5.74) is 2.81. The average Bonchev–Trinajstić information content (AvgIpc) is 2.47. The molecule has 0 aliphatic carbocycles. The van der Waals surface area contributed by atoms with Gasteiger partial charge >= 0.3 is 5.69 Å². The zero-order chi connectivity index (χ0) is 15.2. The number of anilines is 1. The van der Waals surface area contributed by atoms with Gasteiger partial charge in [-0.25, -0.2) is 4.98 Å². The average molecular weight is 287 g/mol. The number of nitrogens with one attached hydrogen (secondary N) is 1. The van der Waals surface area contributed by atoms with Gasteiger partial charge in [0, 0.05) is 25.9 Å². The standard InChI is InChI=1S/C15H17N3O3/c1-11-7-14(18(19)20)15(16-8-11)17-9-12-5-3-4-6-13(12)10-21-2/h3-8H,9-10H2,1-2H3,(H,16,17). The lowest BCUT2D eigenvalue weighted by atomic mass is 10.1. The van der Waals surface area contributed by atoms with E-state index >= 15 is 0 Å². The second-order valence-electron chi connectivity index (χ2n) is 4.69. The van der Waals surface area contributed by atoms with Crippen molar-refractivity contribution in [2.24, 2.45) is 0 Å². The Hall–Kier alpha value is -2.47. The fourth-order valence-electron chi connectivity index (χ4n) is 2.03. The summed E-state index contributed by atoms with van der Waals surface area (Å²) >= 11 is 0. The molecule has 1 N–H and O–H groups in total. The van der Waals surface area contributed by atoms with Crippen molar-refractivity contribution < 1.29 is 9.66 Å². The molecule has 1 aromatic carbocycles. The van der Waals surface area contributed by atoms with Gasteiger partial charge in [-0.15, -0.1) is 0 Å². The molecule has 0 spiro atoms. The molecule has 0 amide bonds. The highest BCUT2D eigenvalue weighted by atomic mass is 16.6. The van der Waals surface area contributed by atoms with E-state index in [1.54, 1.807) is 20.2 Å². The number of rotatable bonds is 6. The molecule has 6 nitrogen and oxygen atoms in total. The fourth-order valence-corrected chi connectivity index (χ4v) is 2.03. The van der Waals surface area contributed by atoms with Gasteiger partial charge in [0.2, 0.25) is 5.82 Å². The zero-order valence-corrected chi connectivity index (χ0v) is 12.0. The summed E-state index contributed by atoms with van der Waals surface area (Å²) in [6.07, 6.45) is 1.61. The van der Waals surface area contributed by atoms with Gasteiger partial charge in [0.15, 0.2) is 0 Å². The Morgan fingerprint density at radius 1 is 1.33 bits per heavy atom. The van der Waals surface area contributed by atoms with Crippen LogP contribution in [0.3, 0.4) is 0 Å². The Morgan fingerprint density at radius 2 is 2.05 bits per heavy atom. The van der Waals surface area contributed by atoms with E-state index in [0.29, 0.717) is 13.2 Å². The van der Waals surface area contributed by atoms with Crippen LogP contribution in [0.5, 0.6) is 0 Å². The van der Waals surface area contributed by atoms with E-state index in [-0.39, 0.29) is 11.5 Å². The summed E-state index contributed by atoms with van der Waals surface area (Å²) in [6, 6.07) is 9.30. The Balaban J connectivity index is 2.19. The van der Waals surface area contributed by atoms with E-state index in [9.17, 15) is 10.1 Å². The molecule has 2 rings (SSSR count). The van der Waals surface area contributed by atoms with E-state index in [4.69, 9.17) is 4.74 Å². The highest BCUT2D eigenvalue weighted by molar-refractivity contribution is 5.56. The molecule has 0 radical (unpaired) electrons. The van der Waals surface area contributed by atoms with Crippen molar-refractivity contribution >= 4 is 11.5 Å². The molecule has 0 aliphatic heterocycles. The molecule has 0 unspecified atom stereocenters. The van der Waals surface area contributed by atoms with Gasteiger partial charge in [-0.2, -0.15) is 0 Å². The maximum Gasteiger partial charge on any atom is 0.311 e. The summed E-state index contributed by atoms with van der Waals surface area (Å²) < 4.78 is 5.15. The van der Waals surface area contributed by atoms with Gasteiger partial charge in [-0.05, 0) is 23.6 Å². The lowest BCUT2D eigenvalue weighted by molar-refractivity contribution is -0.384. The number of nitrogens with zero attached hydrogens (tertiary/aromatic N) is 2. The second kappa shape index (κ2) is 6.81. The van der Waals surface area contributed by atoms with Crippen molar-refractivity contribution in [3.63, 3.8) is 0 Å². The number of aromatic nitrogens is 1. The van der Waals surface area contributed by atoms with Gasteiger partial charge in [-0.1, -0.05) is 24.3 Å². The van der Waals surface area contributed by atoms with Gasteiger partial charge < -0.3 is 10.1 Å². The van der Waals surface area contributed by atoms with Gasteiger partial charge in [0.1, 0.15) is 0 Å². The minimum absolute atomic E-state index is 0.0146. The van der Waals surface area contributed by atoms with Crippen LogP contribution in [0.1, 0.15) is 16.7 Å². The number of nitro groups is 1. The molecule has 1 aromatic heterocycles. The van der Waals surface area contributed by atoms with Gasteiger partial charge in [0.05, 0.1) is 11.5 Å². The van der Waals surface area contributed by atoms with Crippen molar-refractivity contribution in [1.82, 2.24) is 4.98 Å². The van der Waals surface area contributed by atoms with Crippen molar-refractivity contribution in [2.45, 2.75) is 20.1 Å². The van der Waals surface area contributed by atoms with E-state index in [1.807, 2.05) is 24.3 Å². The van der Waals surface area contributed by atoms with Crippen LogP contribution >= 0.6 is 0 Å². The van der Waals surface area contributed by atoms with Crippen molar-refractivity contribution in [3.8, 4) is 0 Å². The second-order valence-corrected chi connectivity index (χ2v) is 4.69. The Kier molecular flexibility index (Phi) is 4.84. The van der Waals surface area contributed by atoms with Crippen molar-refractivity contribution in [2.75, 3.05) is 12.4 Å². The first-order valence-electron chi connectivity index (χ1n) is 6.52. The van der Waals surface area contributed by atoms with E-state index in [1.165, 1.54) is 6.07 Å². The normalized spacial score (nSPS) is 10.4. The van der Waals surface area contributed by atoms with E-state index < -0.39 is 4.92 Å². The first kappa shape index (κ1) is 14.9. The monoisotopic (exact) mass is 287 g/mol. The molecule has 1 heterocycles. The summed E-state index contributed by atoms with van der Waals surface area (Å²) in [6.45, 7) is 2.73. The molecule has 21 heavy (non-hydrogen) atoms. The Bertz CT molecular complexity index is 644. The third-order valence-electron chi connectivity index (χ3n) is 3.07. The van der Waals surface area contributed by atoms with Crippen LogP contribution in [-0.2, 0) is 17.9 Å². The number of hydrogen-bond acceptors (Lipinski definition) is 5. The minimum atomic E-state index is -0.427. The molecule has 0 saturated heterocycles. The topological polar surface area (TPSA) is 77.3 Å². The fraction of sp³-hybridized carbons (Fsp3) is 0.267. The lowest BCUT2D eigenvalue weighted by Gasteiger charge is -2.10. The number of benzene rings is 1. The van der Waals surface area contributed by atoms with Crippen LogP contribution < -0.4 is 5.32 Å². The number of aryl methyl sites for hydroxylation is 1. The van der Waals surface area contributed by atoms with Crippen molar-refractivity contribution in [1.29, 1.82) is 0 Å². The summed E-state index contributed by atoms with van der Waals surface area (Å²) in [7, 11) is 1.64. The molecule has 0 saturated carbocycles. The van der Waals surface area contributed by atoms with Crippen LogP contribution in [-0.4, -0.2) is 17.0 Å². The van der Waals surface area contributed by atoms with Crippen LogP contribution in [0.25, 0.3) is 0 Å². The third-order valence-corrected chi connectivity index (χ3v) is 3.07. The maximum atomic E-state index is 11.1. The van der Waals surface area contributed by atoms with Crippen LogP contribution in [0.4, 0.5) is 11.5 Å². The van der Waals surface area contributed by atoms with E-state index in [2.05, 4.69) is 10.3 Å². The molecular weight excluding hydrogens is 270 g/mol. The Morgan fingerprint density at radius 3 is 2.71 bits per heavy atom. The number of ether oxygens (including phenoxy) is 1. The smallest absolute Gasteiger partial charge is 0.311 e. The van der Waals surface area contributed by atoms with Gasteiger partial charge in [0.25, 0.3) is 0 Å². The van der Waals surface area contributed by atoms with Gasteiger partial charge in [-0.3, -0.25) is 10.1 Å². The highest BCUT2D eigenvalue weighted by Crippen LogP contribution is 2.23. The predicted molar refractivity (Wildman–Crippen MR) is 80.1 cm³/mol. The molecule has 6 heteroatoms. The van der Waals surface area contributed by atoms with Crippen LogP contribution in [0.15, 0.2) is 36.5 Å². The predicted octanol–water partition coefficient (Wildman–Crippen LogP) is 3.06. The first-order chi connectivity index (χ1) is 10.1. The molecule has 0 atom stereocenters. The molecule has 2 aromatic rings. The molecule has 110 valence electrons. The number of hydrogen-bond donors (Lipinski definition) is 1. The quantitative estimate of drug-likeness (QED) is 0.652. The summed E-state index contributed by atoms with van der Waals surface area (Å²) in [5.74, 6) is 0.276. The van der Waals surface area contributed by atoms with Crippen LogP contribution in [0.2, 0.25) is 0 Å². The molecule has 0 aliphatic rings. The number of pyridine rings is 1. The van der Waals surface area contributed by atoms with E-state index in [0.717, 1.165) is 16.7 Å². The maximum absolute atomic E-state index is 11.1. The van der Waals surface area contributed by atoms with Crippen molar-refractivity contribution in [3.05, 3.63) is 63.3 Å². The molecular formula is C15H17N3O3. The third kappa shape index (κ3) is 3.76. The summed E-state index contributed by atoms with van der Waals surface area (Å²) in [4.78, 5) is 14.7. The molecule has 0 bridgehead atoms. The Labute approximate surface area is 122 Å². The largest absolute Gasteiger partial charge is 0.380 e. The number of methoxy groups -OCH3 is 1. The first-order valence-corrected chi connectivity index (χ1v) is 6.52. The zero-order valence-electron chi connectivity index (χ0n) is 12.0. The highest BCUT2D eigenvalue weighted by Gasteiger charge is 2.15. The minimum Gasteiger partial charge on any atom is -0.380 e. The lowest BCUT2D eigenvalue weighted by Crippen LogP contribution is -2.07. The molecule has 0 fully saturated rings. The summed E-state index contributed by atoms with van der Waals surface area (Å²) in [5, 5.41) is 14.1. The SMILES string of the molecule is COCc1ccccc1CNc1ncc(C)cc1[N+](=O)[O-]. The van der Waals surface area contributed by atoms with Crippen LogP contribution in [0, 0.1) is 17.0 Å².